The van der Waals surface area contributed by atoms with Crippen LogP contribution in [0.15, 0.2) is 16.7 Å². The van der Waals surface area contributed by atoms with E-state index in [1.165, 1.54) is 0 Å². The lowest BCUT2D eigenvalue weighted by molar-refractivity contribution is 0.140. The van der Waals surface area contributed by atoms with E-state index in [-0.39, 0.29) is 0 Å². The van der Waals surface area contributed by atoms with Crippen LogP contribution in [0.4, 0.5) is 0 Å². The molecule has 0 saturated carbocycles. The molecule has 0 saturated heterocycles. The van der Waals surface area contributed by atoms with Crippen LogP contribution in [0.25, 0.3) is 0 Å². The van der Waals surface area contributed by atoms with E-state index in [9.17, 15) is 0 Å². The molecule has 0 radical (unpaired) electrons. The molecule has 0 aliphatic heterocycles. The molecule has 5 heteroatoms. The van der Waals surface area contributed by atoms with Gasteiger partial charge in [0.05, 0.1) is 9.50 Å². The van der Waals surface area contributed by atoms with Crippen molar-refractivity contribution in [2.24, 2.45) is 0 Å². The van der Waals surface area contributed by atoms with Gasteiger partial charge in [-0.3, -0.25) is 4.90 Å². The molecule has 0 amide bonds. The van der Waals surface area contributed by atoms with E-state index < -0.39 is 0 Å². The Kier molecular flexibility index (Phi) is 6.39. The molecule has 1 aromatic rings. The SMILES string of the molecule is CC(C)N(CCOc1ncc(Cl)cc1Br)C(C)C. The summed E-state index contributed by atoms with van der Waals surface area (Å²) in [6, 6.07) is 2.80. The molecule has 1 rings (SSSR count). The van der Waals surface area contributed by atoms with Crippen LogP contribution in [0.3, 0.4) is 0 Å². The molecule has 0 fully saturated rings. The Morgan fingerprint density at radius 3 is 2.44 bits per heavy atom. The largest absolute Gasteiger partial charge is 0.476 e. The fourth-order valence-electron chi connectivity index (χ4n) is 1.87. The maximum Gasteiger partial charge on any atom is 0.228 e. The monoisotopic (exact) mass is 334 g/mol. The molecule has 0 atom stereocenters. The van der Waals surface area contributed by atoms with Gasteiger partial charge in [-0.25, -0.2) is 4.98 Å². The average Bonchev–Trinajstić information content (AvgIpc) is 2.25. The predicted molar refractivity (Wildman–Crippen MR) is 79.4 cm³/mol. The van der Waals surface area contributed by atoms with Crippen LogP contribution in [-0.4, -0.2) is 35.1 Å². The van der Waals surface area contributed by atoms with Crippen LogP contribution >= 0.6 is 27.5 Å². The maximum atomic E-state index is 5.83. The number of halogens is 2. The summed E-state index contributed by atoms with van der Waals surface area (Å²) in [4.78, 5) is 6.52. The first kappa shape index (κ1) is 15.7. The molecular weight excluding hydrogens is 316 g/mol. The Hall–Kier alpha value is -0.320. The van der Waals surface area contributed by atoms with Crippen molar-refractivity contribution in [3.8, 4) is 5.88 Å². The summed E-state index contributed by atoms with van der Waals surface area (Å²) in [6.45, 7) is 10.3. The van der Waals surface area contributed by atoms with E-state index in [2.05, 4.69) is 53.5 Å². The molecule has 0 spiro atoms. The van der Waals surface area contributed by atoms with E-state index in [0.717, 1.165) is 11.0 Å². The van der Waals surface area contributed by atoms with Crippen molar-refractivity contribution in [1.29, 1.82) is 0 Å². The standard InChI is InChI=1S/C13H20BrClN2O/c1-9(2)17(10(3)4)5-6-18-13-12(14)7-11(15)8-16-13/h7-10H,5-6H2,1-4H3. The zero-order valence-corrected chi connectivity index (χ0v) is 13.6. The summed E-state index contributed by atoms with van der Waals surface area (Å²) in [5.41, 5.74) is 0. The van der Waals surface area contributed by atoms with Crippen molar-refractivity contribution in [2.75, 3.05) is 13.2 Å². The molecule has 1 aromatic heterocycles. The molecule has 3 nitrogen and oxygen atoms in total. The number of nitrogens with zero attached hydrogens (tertiary/aromatic N) is 2. The van der Waals surface area contributed by atoms with E-state index in [1.807, 2.05) is 0 Å². The lowest BCUT2D eigenvalue weighted by Crippen LogP contribution is -2.39. The molecule has 0 N–H and O–H groups in total. The van der Waals surface area contributed by atoms with E-state index in [4.69, 9.17) is 16.3 Å². The molecule has 102 valence electrons. The number of pyridine rings is 1. The maximum absolute atomic E-state index is 5.83. The Morgan fingerprint density at radius 1 is 1.33 bits per heavy atom. The van der Waals surface area contributed by atoms with Gasteiger partial charge in [-0.1, -0.05) is 11.6 Å². The summed E-state index contributed by atoms with van der Waals surface area (Å²) in [7, 11) is 0. The normalized spacial score (nSPS) is 11.6. The average molecular weight is 336 g/mol. The van der Waals surface area contributed by atoms with Gasteiger partial charge >= 0.3 is 0 Å². The van der Waals surface area contributed by atoms with Gasteiger partial charge < -0.3 is 4.74 Å². The first-order valence-electron chi connectivity index (χ1n) is 6.11. The Labute approximate surface area is 123 Å². The highest BCUT2D eigenvalue weighted by molar-refractivity contribution is 9.10. The van der Waals surface area contributed by atoms with Crippen LogP contribution in [0.5, 0.6) is 5.88 Å². The van der Waals surface area contributed by atoms with Crippen molar-refractivity contribution >= 4 is 27.5 Å². The van der Waals surface area contributed by atoms with Gasteiger partial charge in [-0.15, -0.1) is 0 Å². The Morgan fingerprint density at radius 2 is 1.94 bits per heavy atom. The van der Waals surface area contributed by atoms with E-state index >= 15 is 0 Å². The smallest absolute Gasteiger partial charge is 0.228 e. The van der Waals surface area contributed by atoms with Crippen molar-refractivity contribution in [1.82, 2.24) is 9.88 Å². The van der Waals surface area contributed by atoms with Crippen LogP contribution in [0.2, 0.25) is 5.02 Å². The van der Waals surface area contributed by atoms with Crippen LogP contribution in [0.1, 0.15) is 27.7 Å². The number of hydrogen-bond acceptors (Lipinski definition) is 3. The highest BCUT2D eigenvalue weighted by Crippen LogP contribution is 2.25. The van der Waals surface area contributed by atoms with Gasteiger partial charge in [0.2, 0.25) is 5.88 Å². The van der Waals surface area contributed by atoms with Crippen molar-refractivity contribution in [2.45, 2.75) is 39.8 Å². The van der Waals surface area contributed by atoms with Crippen LogP contribution in [-0.2, 0) is 0 Å². The quantitative estimate of drug-likeness (QED) is 0.786. The van der Waals surface area contributed by atoms with E-state index in [0.29, 0.717) is 29.6 Å². The number of aromatic nitrogens is 1. The summed E-state index contributed by atoms with van der Waals surface area (Å²) in [5, 5.41) is 0.597. The molecule has 1 heterocycles. The number of hydrogen-bond donors (Lipinski definition) is 0. The minimum atomic E-state index is 0.509. The van der Waals surface area contributed by atoms with Gasteiger partial charge in [0.1, 0.15) is 6.61 Å². The topological polar surface area (TPSA) is 25.4 Å². The van der Waals surface area contributed by atoms with Gasteiger partial charge in [0.25, 0.3) is 0 Å². The highest BCUT2D eigenvalue weighted by atomic mass is 79.9. The number of rotatable bonds is 6. The van der Waals surface area contributed by atoms with Crippen molar-refractivity contribution in [3.05, 3.63) is 21.8 Å². The second-order valence-corrected chi connectivity index (χ2v) is 6.01. The lowest BCUT2D eigenvalue weighted by atomic mass is 10.2. The second-order valence-electron chi connectivity index (χ2n) is 4.71. The first-order chi connectivity index (χ1) is 8.41. The minimum absolute atomic E-state index is 0.509. The van der Waals surface area contributed by atoms with Crippen molar-refractivity contribution < 1.29 is 4.74 Å². The third kappa shape index (κ3) is 4.75. The zero-order chi connectivity index (χ0) is 13.7. The minimum Gasteiger partial charge on any atom is -0.476 e. The van der Waals surface area contributed by atoms with Gasteiger partial charge in [-0.2, -0.15) is 0 Å². The highest BCUT2D eigenvalue weighted by Gasteiger charge is 2.13. The summed E-state index contributed by atoms with van der Waals surface area (Å²) in [6.07, 6.45) is 1.59. The fraction of sp³-hybridized carbons (Fsp3) is 0.615. The summed E-state index contributed by atoms with van der Waals surface area (Å²) >= 11 is 9.21. The summed E-state index contributed by atoms with van der Waals surface area (Å²) in [5.74, 6) is 0.590. The Balaban J connectivity index is 2.50. The first-order valence-corrected chi connectivity index (χ1v) is 7.28. The van der Waals surface area contributed by atoms with Gasteiger partial charge in [0.15, 0.2) is 0 Å². The molecule has 18 heavy (non-hydrogen) atoms. The number of ether oxygens (including phenoxy) is 1. The zero-order valence-electron chi connectivity index (χ0n) is 11.3. The Bertz CT molecular complexity index is 377. The fourth-order valence-corrected chi connectivity index (χ4v) is 2.62. The molecule has 0 aliphatic rings. The van der Waals surface area contributed by atoms with Gasteiger partial charge in [-0.05, 0) is 49.7 Å². The predicted octanol–water partition coefficient (Wildman–Crippen LogP) is 4.00. The summed E-state index contributed by atoms with van der Waals surface area (Å²) < 4.78 is 6.45. The van der Waals surface area contributed by atoms with Crippen LogP contribution in [0, 0.1) is 0 Å². The van der Waals surface area contributed by atoms with Crippen LogP contribution < -0.4 is 4.74 Å². The molecular formula is C13H20BrClN2O. The third-order valence-electron chi connectivity index (χ3n) is 2.69. The molecule has 0 unspecified atom stereocenters. The van der Waals surface area contributed by atoms with E-state index in [1.54, 1.807) is 12.3 Å². The lowest BCUT2D eigenvalue weighted by Gasteiger charge is -2.30. The van der Waals surface area contributed by atoms with Crippen molar-refractivity contribution in [3.63, 3.8) is 0 Å². The third-order valence-corrected chi connectivity index (χ3v) is 3.46. The molecule has 0 bridgehead atoms. The second kappa shape index (κ2) is 7.31. The molecule has 0 aliphatic carbocycles. The molecule has 0 aromatic carbocycles. The van der Waals surface area contributed by atoms with Gasteiger partial charge in [0, 0.05) is 24.8 Å².